The zero-order valence-corrected chi connectivity index (χ0v) is 17.9. The van der Waals surface area contributed by atoms with Crippen LogP contribution in [-0.4, -0.2) is 48.3 Å². The van der Waals surface area contributed by atoms with Crippen molar-refractivity contribution in [3.63, 3.8) is 0 Å². The van der Waals surface area contributed by atoms with E-state index in [2.05, 4.69) is 0 Å². The van der Waals surface area contributed by atoms with Crippen LogP contribution in [0.25, 0.3) is 0 Å². The predicted octanol–water partition coefficient (Wildman–Crippen LogP) is 4.19. The van der Waals surface area contributed by atoms with Crippen LogP contribution in [0.1, 0.15) is 35.7 Å². The molecule has 1 heterocycles. The molecular formula is C24H27F3N2O3. The summed E-state index contributed by atoms with van der Waals surface area (Å²) in [4.78, 5) is 26.5. The van der Waals surface area contributed by atoms with Crippen molar-refractivity contribution in [1.82, 2.24) is 10.2 Å². The first-order valence-corrected chi connectivity index (χ1v) is 10.7. The lowest BCUT2D eigenvalue weighted by Crippen LogP contribution is -2.74. The molecule has 1 saturated heterocycles. The molecule has 8 heteroatoms. The molecule has 2 aromatic carbocycles. The molecule has 32 heavy (non-hydrogen) atoms. The van der Waals surface area contributed by atoms with Gasteiger partial charge in [0.05, 0.1) is 6.61 Å². The van der Waals surface area contributed by atoms with Crippen molar-refractivity contribution in [2.75, 3.05) is 19.7 Å². The first kappa shape index (κ1) is 23.8. The van der Waals surface area contributed by atoms with Crippen molar-refractivity contribution < 1.29 is 27.5 Å². The molecule has 0 saturated carbocycles. The van der Waals surface area contributed by atoms with E-state index in [0.717, 1.165) is 16.9 Å². The topological polar surface area (TPSA) is 58.6 Å². The fourth-order valence-electron chi connectivity index (χ4n) is 4.11. The zero-order chi connectivity index (χ0) is 23.2. The third-order valence-corrected chi connectivity index (χ3v) is 5.77. The standard InChI is InChI=1S/C24H27F3N2O3/c1-2-32-22(31)23(24(25,26)27,28-21(30)20-11-7-4-8-12-20)29-15-13-19(14-16-29)17-18-9-5-3-6-10-18/h3-12,19H,2,13-17H2,1H3,(H,28,30). The van der Waals surface area contributed by atoms with Crippen molar-refractivity contribution in [3.05, 3.63) is 71.8 Å². The maximum absolute atomic E-state index is 14.5. The molecule has 172 valence electrons. The predicted molar refractivity (Wildman–Crippen MR) is 114 cm³/mol. The van der Waals surface area contributed by atoms with E-state index < -0.39 is 23.7 Å². The van der Waals surface area contributed by atoms with Gasteiger partial charge in [0.2, 0.25) is 0 Å². The minimum Gasteiger partial charge on any atom is -0.463 e. The summed E-state index contributed by atoms with van der Waals surface area (Å²) < 4.78 is 48.3. The number of hydrogen-bond acceptors (Lipinski definition) is 4. The number of likely N-dealkylation sites (tertiary alicyclic amines) is 1. The molecule has 0 spiro atoms. The summed E-state index contributed by atoms with van der Waals surface area (Å²) in [5.41, 5.74) is -2.09. The molecule has 1 fully saturated rings. The number of carbonyl (C=O) groups excluding carboxylic acids is 2. The van der Waals surface area contributed by atoms with Crippen molar-refractivity contribution in [3.8, 4) is 0 Å². The van der Waals surface area contributed by atoms with Gasteiger partial charge in [-0.2, -0.15) is 13.2 Å². The van der Waals surface area contributed by atoms with Gasteiger partial charge in [0.15, 0.2) is 0 Å². The second-order valence-corrected chi connectivity index (χ2v) is 7.87. The Bertz CT molecular complexity index is 898. The first-order chi connectivity index (χ1) is 15.3. The summed E-state index contributed by atoms with van der Waals surface area (Å²) in [6.07, 6.45) is -3.39. The van der Waals surface area contributed by atoms with Crippen LogP contribution in [0.5, 0.6) is 0 Å². The zero-order valence-electron chi connectivity index (χ0n) is 17.9. The second-order valence-electron chi connectivity index (χ2n) is 7.87. The maximum Gasteiger partial charge on any atom is 0.436 e. The summed E-state index contributed by atoms with van der Waals surface area (Å²) in [5, 5.41) is 1.99. The van der Waals surface area contributed by atoms with E-state index in [-0.39, 0.29) is 31.2 Å². The van der Waals surface area contributed by atoms with Crippen LogP contribution < -0.4 is 5.32 Å². The Labute approximate surface area is 185 Å². The number of carbonyl (C=O) groups is 2. The largest absolute Gasteiger partial charge is 0.463 e. The molecule has 0 radical (unpaired) electrons. The van der Waals surface area contributed by atoms with E-state index in [0.29, 0.717) is 12.8 Å². The van der Waals surface area contributed by atoms with Gasteiger partial charge in [-0.3, -0.25) is 9.69 Å². The van der Waals surface area contributed by atoms with E-state index in [1.54, 1.807) is 18.2 Å². The highest BCUT2D eigenvalue weighted by Gasteiger charge is 2.66. The Morgan fingerprint density at radius 1 is 1.00 bits per heavy atom. The normalized spacial score (nSPS) is 17.4. The monoisotopic (exact) mass is 448 g/mol. The number of benzene rings is 2. The number of rotatable bonds is 7. The Morgan fingerprint density at radius 3 is 2.09 bits per heavy atom. The number of amides is 1. The van der Waals surface area contributed by atoms with Crippen molar-refractivity contribution in [2.45, 2.75) is 38.0 Å². The van der Waals surface area contributed by atoms with E-state index in [4.69, 9.17) is 4.74 Å². The highest BCUT2D eigenvalue weighted by Crippen LogP contribution is 2.38. The van der Waals surface area contributed by atoms with Crippen LogP contribution in [0.2, 0.25) is 0 Å². The third-order valence-electron chi connectivity index (χ3n) is 5.77. The first-order valence-electron chi connectivity index (χ1n) is 10.7. The van der Waals surface area contributed by atoms with Crippen molar-refractivity contribution >= 4 is 11.9 Å². The lowest BCUT2D eigenvalue weighted by molar-refractivity contribution is -0.249. The van der Waals surface area contributed by atoms with Crippen molar-refractivity contribution in [2.24, 2.45) is 5.92 Å². The summed E-state index contributed by atoms with van der Waals surface area (Å²) in [6.45, 7) is 1.21. The quantitative estimate of drug-likeness (QED) is 0.646. The SMILES string of the molecule is CCOC(=O)C(NC(=O)c1ccccc1)(N1CCC(Cc2ccccc2)CC1)C(F)(F)F. The van der Waals surface area contributed by atoms with Crippen LogP contribution in [0, 0.1) is 5.92 Å². The van der Waals surface area contributed by atoms with Gasteiger partial charge in [-0.25, -0.2) is 4.79 Å². The van der Waals surface area contributed by atoms with Gasteiger partial charge < -0.3 is 10.1 Å². The van der Waals surface area contributed by atoms with Crippen LogP contribution >= 0.6 is 0 Å². The number of nitrogens with zero attached hydrogens (tertiary/aromatic N) is 1. The lowest BCUT2D eigenvalue weighted by atomic mass is 9.88. The molecule has 5 nitrogen and oxygen atoms in total. The Hall–Kier alpha value is -2.87. The molecule has 0 bridgehead atoms. The van der Waals surface area contributed by atoms with Gasteiger partial charge in [0.25, 0.3) is 11.6 Å². The molecule has 3 rings (SSSR count). The number of piperidine rings is 1. The average Bonchev–Trinajstić information content (AvgIpc) is 2.78. The number of alkyl halides is 3. The van der Waals surface area contributed by atoms with E-state index >= 15 is 0 Å². The van der Waals surface area contributed by atoms with E-state index in [9.17, 15) is 22.8 Å². The summed E-state index contributed by atoms with van der Waals surface area (Å²) in [6, 6.07) is 17.3. The van der Waals surface area contributed by atoms with E-state index in [1.165, 1.54) is 19.1 Å². The molecule has 1 amide bonds. The molecule has 1 unspecified atom stereocenters. The fraction of sp³-hybridized carbons (Fsp3) is 0.417. The number of hydrogen-bond donors (Lipinski definition) is 1. The van der Waals surface area contributed by atoms with Gasteiger partial charge in [0, 0.05) is 18.7 Å². The molecule has 0 aliphatic carbocycles. The number of nitrogens with one attached hydrogen (secondary N) is 1. The van der Waals surface area contributed by atoms with Crippen LogP contribution in [-0.2, 0) is 16.0 Å². The van der Waals surface area contributed by atoms with Gasteiger partial charge >= 0.3 is 12.1 Å². The highest BCUT2D eigenvalue weighted by molar-refractivity contribution is 5.98. The second kappa shape index (κ2) is 10.2. The van der Waals surface area contributed by atoms with Gasteiger partial charge in [-0.1, -0.05) is 48.5 Å². The number of esters is 1. The number of ether oxygens (including phenoxy) is 1. The Morgan fingerprint density at radius 2 is 1.56 bits per heavy atom. The fourth-order valence-corrected chi connectivity index (χ4v) is 4.11. The smallest absolute Gasteiger partial charge is 0.436 e. The van der Waals surface area contributed by atoms with E-state index in [1.807, 2.05) is 35.6 Å². The summed E-state index contributed by atoms with van der Waals surface area (Å²) >= 11 is 0. The van der Waals surface area contributed by atoms with Crippen molar-refractivity contribution in [1.29, 1.82) is 0 Å². The van der Waals surface area contributed by atoms with Gasteiger partial charge in [-0.15, -0.1) is 0 Å². The Balaban J connectivity index is 1.85. The van der Waals surface area contributed by atoms with Crippen LogP contribution in [0.15, 0.2) is 60.7 Å². The average molecular weight is 448 g/mol. The molecule has 1 N–H and O–H groups in total. The summed E-state index contributed by atoms with van der Waals surface area (Å²) in [5.74, 6) is -2.31. The maximum atomic E-state index is 14.5. The molecule has 0 aromatic heterocycles. The third kappa shape index (κ3) is 5.12. The number of halogens is 3. The highest BCUT2D eigenvalue weighted by atomic mass is 19.4. The Kier molecular flexibility index (Phi) is 7.56. The molecule has 1 aliphatic rings. The molecular weight excluding hydrogens is 421 g/mol. The van der Waals surface area contributed by atoms with Crippen LogP contribution in [0.4, 0.5) is 13.2 Å². The molecule has 1 atom stereocenters. The van der Waals surface area contributed by atoms with Gasteiger partial charge in [-0.05, 0) is 49.8 Å². The summed E-state index contributed by atoms with van der Waals surface area (Å²) in [7, 11) is 0. The minimum absolute atomic E-state index is 0.00486. The van der Waals surface area contributed by atoms with Crippen LogP contribution in [0.3, 0.4) is 0 Å². The minimum atomic E-state index is -5.07. The molecule has 2 aromatic rings. The van der Waals surface area contributed by atoms with Gasteiger partial charge in [0.1, 0.15) is 0 Å². The lowest BCUT2D eigenvalue weighted by Gasteiger charge is -2.45. The molecule has 1 aliphatic heterocycles.